The standard InChI is InChI=1S/C19H25N3/c1-15-4-3-5-18(12-15)21-8-10-22(11-9-21)19-13-16(2)6-7-17(19)14-20/h3-7,12-13H,8-11,14,20H2,1-2H3. The summed E-state index contributed by atoms with van der Waals surface area (Å²) in [5, 5.41) is 0. The highest BCUT2D eigenvalue weighted by atomic mass is 15.3. The average Bonchev–Trinajstić information content (AvgIpc) is 2.55. The lowest BCUT2D eigenvalue weighted by molar-refractivity contribution is 0.651. The molecule has 0 aliphatic carbocycles. The predicted molar refractivity (Wildman–Crippen MR) is 94.7 cm³/mol. The summed E-state index contributed by atoms with van der Waals surface area (Å²) in [6, 6.07) is 15.4. The third-order valence-corrected chi connectivity index (χ3v) is 4.45. The van der Waals surface area contributed by atoms with Crippen LogP contribution in [0.25, 0.3) is 0 Å². The number of anilines is 2. The zero-order chi connectivity index (χ0) is 15.5. The fourth-order valence-electron chi connectivity index (χ4n) is 3.17. The molecule has 0 spiro atoms. The SMILES string of the molecule is Cc1cccc(N2CCN(c3cc(C)ccc3CN)CC2)c1. The number of piperazine rings is 1. The molecule has 0 aromatic heterocycles. The number of benzene rings is 2. The molecule has 3 nitrogen and oxygen atoms in total. The molecule has 2 N–H and O–H groups in total. The Morgan fingerprint density at radius 2 is 1.55 bits per heavy atom. The Morgan fingerprint density at radius 1 is 0.864 bits per heavy atom. The number of nitrogens with two attached hydrogens (primary N) is 1. The highest BCUT2D eigenvalue weighted by Crippen LogP contribution is 2.25. The minimum absolute atomic E-state index is 0.605. The quantitative estimate of drug-likeness (QED) is 0.944. The predicted octanol–water partition coefficient (Wildman–Crippen LogP) is 3.09. The molecule has 2 aromatic rings. The summed E-state index contributed by atoms with van der Waals surface area (Å²) in [4.78, 5) is 4.95. The Labute approximate surface area is 133 Å². The van der Waals surface area contributed by atoms with E-state index in [2.05, 4.69) is 66.1 Å². The molecule has 3 rings (SSSR count). The van der Waals surface area contributed by atoms with Gasteiger partial charge in [0.1, 0.15) is 0 Å². The van der Waals surface area contributed by atoms with Crippen molar-refractivity contribution in [3.63, 3.8) is 0 Å². The fourth-order valence-corrected chi connectivity index (χ4v) is 3.17. The maximum Gasteiger partial charge on any atom is 0.0415 e. The summed E-state index contributed by atoms with van der Waals surface area (Å²) < 4.78 is 0. The fraction of sp³-hybridized carbons (Fsp3) is 0.368. The molecule has 0 unspecified atom stereocenters. The Bertz CT molecular complexity index is 643. The van der Waals surface area contributed by atoms with Crippen LogP contribution in [0.1, 0.15) is 16.7 Å². The first kappa shape index (κ1) is 14.9. The van der Waals surface area contributed by atoms with E-state index in [4.69, 9.17) is 5.73 Å². The Balaban J connectivity index is 1.73. The molecule has 0 amide bonds. The van der Waals surface area contributed by atoms with E-state index >= 15 is 0 Å². The number of hydrogen-bond acceptors (Lipinski definition) is 3. The van der Waals surface area contributed by atoms with Gasteiger partial charge < -0.3 is 15.5 Å². The monoisotopic (exact) mass is 295 g/mol. The van der Waals surface area contributed by atoms with Gasteiger partial charge in [-0.25, -0.2) is 0 Å². The second-order valence-electron chi connectivity index (χ2n) is 6.15. The molecular formula is C19H25N3. The zero-order valence-electron chi connectivity index (χ0n) is 13.5. The van der Waals surface area contributed by atoms with Crippen LogP contribution in [-0.2, 0) is 6.54 Å². The van der Waals surface area contributed by atoms with E-state index in [1.165, 1.54) is 28.1 Å². The smallest absolute Gasteiger partial charge is 0.0415 e. The first-order chi connectivity index (χ1) is 10.7. The molecule has 0 bridgehead atoms. The van der Waals surface area contributed by atoms with Crippen molar-refractivity contribution in [2.45, 2.75) is 20.4 Å². The molecule has 0 atom stereocenters. The summed E-state index contributed by atoms with van der Waals surface area (Å²) in [5.74, 6) is 0. The van der Waals surface area contributed by atoms with Crippen LogP contribution in [0.2, 0.25) is 0 Å². The van der Waals surface area contributed by atoms with Crippen molar-refractivity contribution in [1.82, 2.24) is 0 Å². The van der Waals surface area contributed by atoms with Crippen molar-refractivity contribution in [2.24, 2.45) is 5.73 Å². The lowest BCUT2D eigenvalue weighted by Crippen LogP contribution is -2.47. The number of hydrogen-bond donors (Lipinski definition) is 1. The van der Waals surface area contributed by atoms with Gasteiger partial charge in [-0.15, -0.1) is 0 Å². The van der Waals surface area contributed by atoms with Crippen LogP contribution >= 0.6 is 0 Å². The third kappa shape index (κ3) is 3.09. The van der Waals surface area contributed by atoms with E-state index in [9.17, 15) is 0 Å². The normalized spacial score (nSPS) is 15.2. The van der Waals surface area contributed by atoms with E-state index in [0.717, 1.165) is 26.2 Å². The largest absolute Gasteiger partial charge is 0.368 e. The van der Waals surface area contributed by atoms with Crippen molar-refractivity contribution >= 4 is 11.4 Å². The number of rotatable bonds is 3. The molecule has 0 saturated carbocycles. The average molecular weight is 295 g/mol. The number of aryl methyl sites for hydroxylation is 2. The van der Waals surface area contributed by atoms with Gasteiger partial charge >= 0.3 is 0 Å². The van der Waals surface area contributed by atoms with Crippen LogP contribution in [0.3, 0.4) is 0 Å². The van der Waals surface area contributed by atoms with Crippen LogP contribution in [0, 0.1) is 13.8 Å². The highest BCUT2D eigenvalue weighted by molar-refractivity contribution is 5.57. The van der Waals surface area contributed by atoms with Gasteiger partial charge in [-0.3, -0.25) is 0 Å². The van der Waals surface area contributed by atoms with E-state index in [-0.39, 0.29) is 0 Å². The zero-order valence-corrected chi connectivity index (χ0v) is 13.5. The summed E-state index contributed by atoms with van der Waals surface area (Å²) in [6.45, 7) is 9.11. The van der Waals surface area contributed by atoms with Crippen LogP contribution in [-0.4, -0.2) is 26.2 Å². The van der Waals surface area contributed by atoms with Crippen LogP contribution in [0.5, 0.6) is 0 Å². The minimum Gasteiger partial charge on any atom is -0.368 e. The highest BCUT2D eigenvalue weighted by Gasteiger charge is 2.19. The Kier molecular flexibility index (Phi) is 4.34. The van der Waals surface area contributed by atoms with Gasteiger partial charge in [-0.2, -0.15) is 0 Å². The van der Waals surface area contributed by atoms with Gasteiger partial charge in [-0.05, 0) is 48.7 Å². The topological polar surface area (TPSA) is 32.5 Å². The lowest BCUT2D eigenvalue weighted by atomic mass is 10.1. The second-order valence-corrected chi connectivity index (χ2v) is 6.15. The molecule has 1 saturated heterocycles. The Morgan fingerprint density at radius 3 is 2.23 bits per heavy atom. The summed E-state index contributed by atoms with van der Waals surface area (Å²) >= 11 is 0. The molecule has 1 aliphatic rings. The molecule has 1 aliphatic heterocycles. The van der Waals surface area contributed by atoms with E-state index in [1.54, 1.807) is 0 Å². The molecule has 1 heterocycles. The second kappa shape index (κ2) is 6.41. The molecule has 0 radical (unpaired) electrons. The van der Waals surface area contributed by atoms with Crippen LogP contribution < -0.4 is 15.5 Å². The number of nitrogens with zero attached hydrogens (tertiary/aromatic N) is 2. The maximum atomic E-state index is 5.91. The van der Waals surface area contributed by atoms with E-state index < -0.39 is 0 Å². The summed E-state index contributed by atoms with van der Waals surface area (Å²) in [7, 11) is 0. The lowest BCUT2D eigenvalue weighted by Gasteiger charge is -2.38. The third-order valence-electron chi connectivity index (χ3n) is 4.45. The maximum absolute atomic E-state index is 5.91. The molecule has 2 aromatic carbocycles. The first-order valence-corrected chi connectivity index (χ1v) is 8.03. The van der Waals surface area contributed by atoms with Gasteiger partial charge in [0.25, 0.3) is 0 Å². The summed E-state index contributed by atoms with van der Waals surface area (Å²) in [6.07, 6.45) is 0. The molecular weight excluding hydrogens is 270 g/mol. The van der Waals surface area contributed by atoms with E-state index in [1.807, 2.05) is 0 Å². The van der Waals surface area contributed by atoms with Gasteiger partial charge in [0, 0.05) is 44.1 Å². The van der Waals surface area contributed by atoms with Crippen molar-refractivity contribution in [3.05, 3.63) is 59.2 Å². The summed E-state index contributed by atoms with van der Waals surface area (Å²) in [5.41, 5.74) is 12.4. The molecule has 3 heteroatoms. The van der Waals surface area contributed by atoms with Crippen molar-refractivity contribution in [1.29, 1.82) is 0 Å². The molecule has 1 fully saturated rings. The van der Waals surface area contributed by atoms with Gasteiger partial charge in [0.05, 0.1) is 0 Å². The van der Waals surface area contributed by atoms with Gasteiger partial charge in [0.15, 0.2) is 0 Å². The Hall–Kier alpha value is -2.00. The molecule has 22 heavy (non-hydrogen) atoms. The molecule has 116 valence electrons. The first-order valence-electron chi connectivity index (χ1n) is 8.03. The van der Waals surface area contributed by atoms with Gasteiger partial charge in [0.2, 0.25) is 0 Å². The van der Waals surface area contributed by atoms with Crippen molar-refractivity contribution in [2.75, 3.05) is 36.0 Å². The van der Waals surface area contributed by atoms with Crippen molar-refractivity contribution in [3.8, 4) is 0 Å². The van der Waals surface area contributed by atoms with Crippen molar-refractivity contribution < 1.29 is 0 Å². The van der Waals surface area contributed by atoms with E-state index in [0.29, 0.717) is 6.54 Å². The van der Waals surface area contributed by atoms with Crippen LogP contribution in [0.4, 0.5) is 11.4 Å². The minimum atomic E-state index is 0.605. The van der Waals surface area contributed by atoms with Crippen LogP contribution in [0.15, 0.2) is 42.5 Å². The van der Waals surface area contributed by atoms with Gasteiger partial charge in [-0.1, -0.05) is 24.3 Å².